The Kier molecular flexibility index (Phi) is 17.2. The molecule has 22 rings (SSSR count). The molecule has 18 aromatic carbocycles. The first-order valence-electron chi connectivity index (χ1n) is 39.9. The number of aromatic nitrogens is 2. The number of para-hydroxylation sites is 3. The molecule has 5 heteroatoms. The fraction of sp³-hybridized carbons (Fsp3) is 0.0270. The SMILES string of the molecule is CC1(C)c2ccccc2-c2ccc(-n3c4ccccc4c4cc(-c5ccc(N(c6ccc(-c7ccccc7)cc6)c6ccc(-c7ccccc7)cc6)cc5)ccc43)cc21.c1ccc(-c2ccc(N(c3ccc(-c4ccccc4)cc3)c3ccc(-c4ccc5c(c4)c4ccccc4n5-c4ccc5c(c4)oc4ccccc45)cc3)cc2)cc1. The van der Waals surface area contributed by atoms with Gasteiger partial charge in [0.15, 0.2) is 0 Å². The summed E-state index contributed by atoms with van der Waals surface area (Å²) >= 11 is 0. The highest BCUT2D eigenvalue weighted by atomic mass is 16.3. The van der Waals surface area contributed by atoms with Gasteiger partial charge in [-0.1, -0.05) is 305 Å². The van der Waals surface area contributed by atoms with Crippen LogP contribution >= 0.6 is 0 Å². The van der Waals surface area contributed by atoms with Crippen LogP contribution in [-0.2, 0) is 5.41 Å². The monoisotopic (exact) mass is 1480 g/mol. The summed E-state index contributed by atoms with van der Waals surface area (Å²) < 4.78 is 11.1. The molecule has 0 bridgehead atoms. The van der Waals surface area contributed by atoms with Crippen LogP contribution in [0.4, 0.5) is 34.1 Å². The summed E-state index contributed by atoms with van der Waals surface area (Å²) in [5.74, 6) is 0. The standard InChI is InChI=1S/C57H42N2.C54H36N2O/c1-57(2)53-19-11-9-17-49(53)50-35-34-48(38-54(50)57)59-55-20-12-10-18-51(55)52-37-44(27-36-56(52)59)43-25-32-47(33-26-43)58(45-28-21-41(22-29-45)39-13-5-3-6-14-39)46-30-23-42(24-31-46)40-15-7-4-8-16-40;1-3-11-37(12-4-1)39-19-26-43(27-20-39)55(44-28-21-40(22-29-44)38-13-5-2-6-14-38)45-30-23-41(24-31-45)42-25-34-52-50(35-42)47-15-7-9-17-51(47)56(52)46-32-33-49-48-16-8-10-18-53(48)57-54(49)36-46/h3-38H,1-2H3;1-36H. The fourth-order valence-corrected chi connectivity index (χ4v) is 17.8. The van der Waals surface area contributed by atoms with E-state index in [-0.39, 0.29) is 5.41 Å². The van der Waals surface area contributed by atoms with Crippen molar-refractivity contribution in [2.75, 3.05) is 9.80 Å². The summed E-state index contributed by atoms with van der Waals surface area (Å²) in [5.41, 5.74) is 35.2. The highest BCUT2D eigenvalue weighted by Crippen LogP contribution is 2.51. The predicted octanol–water partition coefficient (Wildman–Crippen LogP) is 30.7. The van der Waals surface area contributed by atoms with Gasteiger partial charge in [0.2, 0.25) is 0 Å². The van der Waals surface area contributed by atoms with Crippen LogP contribution in [0.5, 0.6) is 0 Å². The number of furan rings is 1. The van der Waals surface area contributed by atoms with Crippen molar-refractivity contribution in [3.8, 4) is 89.3 Å². The maximum absolute atomic E-state index is 6.31. The minimum Gasteiger partial charge on any atom is -0.456 e. The average Bonchev–Trinajstić information content (AvgIpc) is 1.58. The second-order valence-corrected chi connectivity index (χ2v) is 30.8. The van der Waals surface area contributed by atoms with E-state index in [4.69, 9.17) is 4.42 Å². The molecule has 0 N–H and O–H groups in total. The lowest BCUT2D eigenvalue weighted by molar-refractivity contribution is 0.660. The van der Waals surface area contributed by atoms with Crippen molar-refractivity contribution in [2.24, 2.45) is 0 Å². The lowest BCUT2D eigenvalue weighted by Crippen LogP contribution is -2.15. The molecule has 1 aliphatic rings. The highest BCUT2D eigenvalue weighted by Gasteiger charge is 2.36. The largest absolute Gasteiger partial charge is 0.456 e. The van der Waals surface area contributed by atoms with E-state index < -0.39 is 0 Å². The van der Waals surface area contributed by atoms with Gasteiger partial charge < -0.3 is 23.4 Å². The van der Waals surface area contributed by atoms with E-state index in [0.717, 1.165) is 67.3 Å². The van der Waals surface area contributed by atoms with Crippen LogP contribution in [0.1, 0.15) is 25.0 Å². The lowest BCUT2D eigenvalue weighted by Gasteiger charge is -2.26. The number of fused-ring (bicyclic) bond motifs is 12. The zero-order valence-corrected chi connectivity index (χ0v) is 64.3. The number of benzene rings is 18. The van der Waals surface area contributed by atoms with Gasteiger partial charge in [0.1, 0.15) is 11.2 Å². The summed E-state index contributed by atoms with van der Waals surface area (Å²) in [7, 11) is 0. The maximum Gasteiger partial charge on any atom is 0.137 e. The zero-order chi connectivity index (χ0) is 77.2. The number of nitrogens with zero attached hydrogens (tertiary/aromatic N) is 4. The van der Waals surface area contributed by atoms with E-state index >= 15 is 0 Å². The minimum atomic E-state index is -0.0627. The molecule has 548 valence electrons. The van der Waals surface area contributed by atoms with Crippen LogP contribution in [0.3, 0.4) is 0 Å². The van der Waals surface area contributed by atoms with Crippen molar-refractivity contribution in [3.05, 3.63) is 448 Å². The third-order valence-electron chi connectivity index (χ3n) is 23.6. The Labute approximate surface area is 675 Å². The number of rotatable bonds is 14. The van der Waals surface area contributed by atoms with Crippen molar-refractivity contribution in [1.82, 2.24) is 9.13 Å². The maximum atomic E-state index is 6.31. The van der Waals surface area contributed by atoms with Crippen molar-refractivity contribution < 1.29 is 4.42 Å². The number of anilines is 6. The Balaban J connectivity index is 0.000000145. The van der Waals surface area contributed by atoms with Crippen LogP contribution in [0.25, 0.3) is 155 Å². The van der Waals surface area contributed by atoms with Crippen molar-refractivity contribution >= 4 is 99.7 Å². The molecule has 0 atom stereocenters. The Bertz CT molecular complexity index is 7040. The summed E-state index contributed by atoms with van der Waals surface area (Å²) in [5, 5.41) is 7.22. The molecule has 0 aliphatic heterocycles. The first kappa shape index (κ1) is 68.9. The van der Waals surface area contributed by atoms with Crippen LogP contribution in [0, 0.1) is 0 Å². The van der Waals surface area contributed by atoms with Crippen LogP contribution in [-0.4, -0.2) is 9.13 Å². The van der Waals surface area contributed by atoms with Crippen molar-refractivity contribution in [1.29, 1.82) is 0 Å². The Hall–Kier alpha value is -15.0. The van der Waals surface area contributed by atoms with Crippen LogP contribution in [0.2, 0.25) is 0 Å². The van der Waals surface area contributed by atoms with Gasteiger partial charge in [0.05, 0.1) is 22.1 Å². The molecule has 0 fully saturated rings. The second-order valence-electron chi connectivity index (χ2n) is 30.8. The first-order valence-corrected chi connectivity index (χ1v) is 39.9. The van der Waals surface area contributed by atoms with Crippen molar-refractivity contribution in [2.45, 2.75) is 19.3 Å². The van der Waals surface area contributed by atoms with Crippen LogP contribution in [0.15, 0.2) is 441 Å². The van der Waals surface area contributed by atoms with E-state index in [9.17, 15) is 0 Å². The molecule has 0 spiro atoms. The molecule has 0 saturated carbocycles. The predicted molar refractivity (Wildman–Crippen MR) is 488 cm³/mol. The smallest absolute Gasteiger partial charge is 0.137 e. The summed E-state index contributed by atoms with van der Waals surface area (Å²) in [4.78, 5) is 4.68. The molecule has 3 heterocycles. The first-order chi connectivity index (χ1) is 57.3. The van der Waals surface area contributed by atoms with Gasteiger partial charge in [-0.15, -0.1) is 0 Å². The van der Waals surface area contributed by atoms with Gasteiger partial charge in [-0.2, -0.15) is 0 Å². The second kappa shape index (κ2) is 28.9. The average molecular weight is 1480 g/mol. The van der Waals surface area contributed by atoms with Gasteiger partial charge in [0, 0.05) is 89.3 Å². The van der Waals surface area contributed by atoms with E-state index in [1.54, 1.807) is 0 Å². The molecule has 0 unspecified atom stereocenters. The lowest BCUT2D eigenvalue weighted by atomic mass is 9.82. The van der Waals surface area contributed by atoms with Gasteiger partial charge >= 0.3 is 0 Å². The normalized spacial score (nSPS) is 12.1. The van der Waals surface area contributed by atoms with E-state index in [2.05, 4.69) is 457 Å². The third-order valence-corrected chi connectivity index (χ3v) is 23.6. The Morgan fingerprint density at radius 1 is 0.198 bits per heavy atom. The van der Waals surface area contributed by atoms with Gasteiger partial charge in [-0.25, -0.2) is 0 Å². The molecule has 5 nitrogen and oxygen atoms in total. The van der Waals surface area contributed by atoms with E-state index in [0.29, 0.717) is 0 Å². The topological polar surface area (TPSA) is 29.5 Å². The molecule has 3 aromatic heterocycles. The summed E-state index contributed by atoms with van der Waals surface area (Å²) in [6, 6.07) is 158. The number of hydrogen-bond acceptors (Lipinski definition) is 3. The molecule has 0 saturated heterocycles. The van der Waals surface area contributed by atoms with Gasteiger partial charge in [0.25, 0.3) is 0 Å². The van der Waals surface area contributed by atoms with E-state index in [1.165, 1.54) is 133 Å². The molecule has 116 heavy (non-hydrogen) atoms. The highest BCUT2D eigenvalue weighted by molar-refractivity contribution is 6.13. The molecular formula is C111H78N4O. The molecular weight excluding hydrogens is 1410 g/mol. The van der Waals surface area contributed by atoms with Crippen LogP contribution < -0.4 is 9.80 Å². The summed E-state index contributed by atoms with van der Waals surface area (Å²) in [6.45, 7) is 4.71. The van der Waals surface area contributed by atoms with Crippen molar-refractivity contribution in [3.63, 3.8) is 0 Å². The van der Waals surface area contributed by atoms with E-state index in [1.807, 2.05) is 12.1 Å². The Morgan fingerprint density at radius 3 is 0.905 bits per heavy atom. The molecule has 0 radical (unpaired) electrons. The fourth-order valence-electron chi connectivity index (χ4n) is 17.8. The number of hydrogen-bond donors (Lipinski definition) is 0. The quantitative estimate of drug-likeness (QED) is 0.109. The third kappa shape index (κ3) is 12.4. The Morgan fingerprint density at radius 2 is 0.491 bits per heavy atom. The van der Waals surface area contributed by atoms with Gasteiger partial charge in [-0.3, -0.25) is 0 Å². The molecule has 0 amide bonds. The zero-order valence-electron chi connectivity index (χ0n) is 64.3. The minimum absolute atomic E-state index is 0.0627. The summed E-state index contributed by atoms with van der Waals surface area (Å²) in [6.07, 6.45) is 0. The molecule has 1 aliphatic carbocycles. The molecule has 21 aromatic rings. The van der Waals surface area contributed by atoms with Gasteiger partial charge in [-0.05, 0) is 229 Å².